The highest BCUT2D eigenvalue weighted by Crippen LogP contribution is 2.43. The molecule has 3 rings (SSSR count). The van der Waals surface area contributed by atoms with Crippen LogP contribution in [0.3, 0.4) is 0 Å². The Morgan fingerprint density at radius 2 is 1.97 bits per heavy atom. The highest BCUT2D eigenvalue weighted by molar-refractivity contribution is 8.15. The van der Waals surface area contributed by atoms with Gasteiger partial charge in [-0.05, 0) is 43.2 Å². The second-order valence-electron chi connectivity index (χ2n) is 6.73. The quantitative estimate of drug-likeness (QED) is 0.726. The van der Waals surface area contributed by atoms with E-state index in [1.807, 2.05) is 0 Å². The number of methoxy groups -OCH3 is 1. The number of halogens is 3. The normalized spacial score (nSPS) is 19.9. The molecule has 1 N–H and O–H groups in total. The van der Waals surface area contributed by atoms with Crippen molar-refractivity contribution in [2.75, 3.05) is 7.11 Å². The summed E-state index contributed by atoms with van der Waals surface area (Å²) in [6.45, 7) is 3.19. The predicted octanol–water partition coefficient (Wildman–Crippen LogP) is 4.08. The van der Waals surface area contributed by atoms with Crippen molar-refractivity contribution in [1.82, 2.24) is 10.3 Å². The number of carbonyl (C=O) groups is 2. The van der Waals surface area contributed by atoms with Gasteiger partial charge in [0.25, 0.3) is 5.91 Å². The highest BCUT2D eigenvalue weighted by Gasteiger charge is 2.44. The average molecular weight is 437 g/mol. The maximum atomic E-state index is 13.3. The van der Waals surface area contributed by atoms with Crippen LogP contribution in [0, 0.1) is 0 Å². The molecular formula is C20H18F3N3O3S. The van der Waals surface area contributed by atoms with Crippen LogP contribution in [0.1, 0.15) is 47.1 Å². The molecule has 1 aromatic carbocycles. The number of alkyl halides is 3. The van der Waals surface area contributed by atoms with Crippen molar-refractivity contribution in [3.8, 4) is 0 Å². The standard InChI is InChI=1S/C20H18F3N3O3S/c1-11(13-6-4-5-7-14(13)20(21,22)23)25-18-26-17(28)19(2,30-18)12-8-9-24-15(10-12)16(27)29-3/h4-11H,1-3H3,(H,25,26,28)/t11-,19?/m0/s1. The van der Waals surface area contributed by atoms with E-state index in [1.165, 1.54) is 37.6 Å². The molecule has 1 aromatic heterocycles. The Labute approximate surface area is 174 Å². The molecule has 0 fully saturated rings. The summed E-state index contributed by atoms with van der Waals surface area (Å²) >= 11 is 1.07. The van der Waals surface area contributed by atoms with E-state index in [4.69, 9.17) is 0 Å². The van der Waals surface area contributed by atoms with Crippen molar-refractivity contribution < 1.29 is 27.5 Å². The number of nitrogens with zero attached hydrogens (tertiary/aromatic N) is 2. The van der Waals surface area contributed by atoms with E-state index >= 15 is 0 Å². The number of rotatable bonds is 4. The van der Waals surface area contributed by atoms with Crippen molar-refractivity contribution in [2.24, 2.45) is 4.99 Å². The summed E-state index contributed by atoms with van der Waals surface area (Å²) in [6, 6.07) is 7.52. The summed E-state index contributed by atoms with van der Waals surface area (Å²) in [7, 11) is 1.22. The number of hydrogen-bond acceptors (Lipinski definition) is 6. The molecule has 0 saturated heterocycles. The second kappa shape index (κ2) is 8.10. The summed E-state index contributed by atoms with van der Waals surface area (Å²) in [5.74, 6) is -1.14. The lowest BCUT2D eigenvalue weighted by Gasteiger charge is -2.23. The van der Waals surface area contributed by atoms with Crippen LogP contribution in [0.25, 0.3) is 0 Å². The summed E-state index contributed by atoms with van der Waals surface area (Å²) in [4.78, 5) is 32.3. The number of thioether (sulfide) groups is 1. The third kappa shape index (κ3) is 4.18. The monoisotopic (exact) mass is 437 g/mol. The number of amides is 1. The Balaban J connectivity index is 1.83. The topological polar surface area (TPSA) is 80.6 Å². The number of carbonyl (C=O) groups excluding carboxylic acids is 2. The molecule has 158 valence electrons. The Kier molecular flexibility index (Phi) is 5.89. The number of amidine groups is 1. The first-order valence-electron chi connectivity index (χ1n) is 8.86. The minimum absolute atomic E-state index is 0.0403. The fraction of sp³-hybridized carbons (Fsp3) is 0.300. The van der Waals surface area contributed by atoms with Gasteiger partial charge in [-0.15, -0.1) is 0 Å². The third-order valence-electron chi connectivity index (χ3n) is 4.69. The van der Waals surface area contributed by atoms with E-state index in [0.29, 0.717) is 5.56 Å². The van der Waals surface area contributed by atoms with Gasteiger partial charge in [-0.25, -0.2) is 9.78 Å². The molecule has 0 aliphatic carbocycles. The lowest BCUT2D eigenvalue weighted by Crippen LogP contribution is -2.28. The fourth-order valence-electron chi connectivity index (χ4n) is 3.04. The molecule has 0 radical (unpaired) electrons. The predicted molar refractivity (Wildman–Crippen MR) is 106 cm³/mol. The van der Waals surface area contributed by atoms with Crippen molar-refractivity contribution in [2.45, 2.75) is 30.8 Å². The number of nitrogens with one attached hydrogen (secondary N) is 1. The molecule has 2 atom stereocenters. The first kappa shape index (κ1) is 21.8. The molecule has 0 spiro atoms. The Morgan fingerprint density at radius 3 is 2.63 bits per heavy atom. The van der Waals surface area contributed by atoms with Gasteiger partial charge in [-0.3, -0.25) is 4.79 Å². The van der Waals surface area contributed by atoms with Gasteiger partial charge in [-0.2, -0.15) is 18.2 Å². The van der Waals surface area contributed by atoms with Gasteiger partial charge in [0.2, 0.25) is 0 Å². The van der Waals surface area contributed by atoms with Crippen LogP contribution in [0.15, 0.2) is 47.6 Å². The molecule has 30 heavy (non-hydrogen) atoms. The van der Waals surface area contributed by atoms with E-state index < -0.39 is 34.4 Å². The van der Waals surface area contributed by atoms with Gasteiger partial charge in [-0.1, -0.05) is 30.0 Å². The molecular weight excluding hydrogens is 419 g/mol. The van der Waals surface area contributed by atoms with Crippen LogP contribution in [-0.2, 0) is 20.5 Å². The van der Waals surface area contributed by atoms with Gasteiger partial charge in [0.15, 0.2) is 5.17 Å². The van der Waals surface area contributed by atoms with Crippen LogP contribution in [-0.4, -0.2) is 29.1 Å². The van der Waals surface area contributed by atoms with E-state index in [1.54, 1.807) is 19.9 Å². The Bertz CT molecular complexity index is 1030. The molecule has 1 aliphatic heterocycles. The van der Waals surface area contributed by atoms with Gasteiger partial charge >= 0.3 is 12.1 Å². The summed E-state index contributed by atoms with van der Waals surface area (Å²) in [6.07, 6.45) is -3.11. The van der Waals surface area contributed by atoms with Crippen molar-refractivity contribution in [3.63, 3.8) is 0 Å². The summed E-state index contributed by atoms with van der Waals surface area (Å²) in [5, 5.41) is 3.09. The van der Waals surface area contributed by atoms with Gasteiger partial charge < -0.3 is 10.1 Å². The van der Waals surface area contributed by atoms with Crippen LogP contribution < -0.4 is 5.32 Å². The molecule has 0 saturated carbocycles. The zero-order chi connectivity index (χ0) is 22.1. The van der Waals surface area contributed by atoms with Crippen LogP contribution in [0.4, 0.5) is 13.2 Å². The van der Waals surface area contributed by atoms with Crippen LogP contribution in [0.5, 0.6) is 0 Å². The second-order valence-corrected chi connectivity index (χ2v) is 8.14. The minimum atomic E-state index is -4.50. The summed E-state index contributed by atoms with van der Waals surface area (Å²) in [5.41, 5.74) is -0.180. The number of pyridine rings is 1. The number of esters is 1. The number of aromatic nitrogens is 1. The molecule has 2 aromatic rings. The molecule has 6 nitrogen and oxygen atoms in total. The highest BCUT2D eigenvalue weighted by atomic mass is 32.2. The molecule has 0 bridgehead atoms. The van der Waals surface area contributed by atoms with Crippen molar-refractivity contribution >= 4 is 28.8 Å². The molecule has 1 unspecified atom stereocenters. The van der Waals surface area contributed by atoms with E-state index in [-0.39, 0.29) is 16.4 Å². The SMILES string of the molecule is COC(=O)c1cc(C2(C)SC(N[C@@H](C)c3ccccc3C(F)(F)F)=NC2=O)ccn1. The van der Waals surface area contributed by atoms with Gasteiger partial charge in [0.05, 0.1) is 18.7 Å². The maximum Gasteiger partial charge on any atom is 0.416 e. The number of aliphatic imine (C=N–C) groups is 1. The van der Waals surface area contributed by atoms with E-state index in [2.05, 4.69) is 20.0 Å². The number of hydrogen-bond donors (Lipinski definition) is 1. The number of ether oxygens (including phenoxy) is 1. The first-order chi connectivity index (χ1) is 14.1. The molecule has 1 amide bonds. The van der Waals surface area contributed by atoms with E-state index in [9.17, 15) is 22.8 Å². The van der Waals surface area contributed by atoms with Crippen molar-refractivity contribution in [3.05, 3.63) is 65.0 Å². The third-order valence-corrected chi connectivity index (χ3v) is 5.91. The zero-order valence-corrected chi connectivity index (χ0v) is 17.1. The van der Waals surface area contributed by atoms with E-state index in [0.717, 1.165) is 17.8 Å². The van der Waals surface area contributed by atoms with Crippen LogP contribution >= 0.6 is 11.8 Å². The van der Waals surface area contributed by atoms with Crippen molar-refractivity contribution in [1.29, 1.82) is 0 Å². The van der Waals surface area contributed by atoms with Crippen LogP contribution in [0.2, 0.25) is 0 Å². The van der Waals surface area contributed by atoms with Gasteiger partial charge in [0.1, 0.15) is 10.4 Å². The smallest absolute Gasteiger partial charge is 0.416 e. The Morgan fingerprint density at radius 1 is 1.27 bits per heavy atom. The molecule has 1 aliphatic rings. The number of benzene rings is 1. The average Bonchev–Trinajstić information content (AvgIpc) is 3.01. The maximum absolute atomic E-state index is 13.3. The zero-order valence-electron chi connectivity index (χ0n) is 16.3. The molecule has 2 heterocycles. The lowest BCUT2D eigenvalue weighted by molar-refractivity contribution is -0.138. The minimum Gasteiger partial charge on any atom is -0.464 e. The van der Waals surface area contributed by atoms with Gasteiger partial charge in [0, 0.05) is 6.20 Å². The lowest BCUT2D eigenvalue weighted by atomic mass is 10.00. The molecule has 10 heteroatoms. The summed E-state index contributed by atoms with van der Waals surface area (Å²) < 4.78 is 43.4. The first-order valence-corrected chi connectivity index (χ1v) is 9.67. The Hall–Kier alpha value is -2.88. The fourth-order valence-corrected chi connectivity index (χ4v) is 4.17. The largest absolute Gasteiger partial charge is 0.464 e.